The van der Waals surface area contributed by atoms with Gasteiger partial charge in [0.25, 0.3) is 5.91 Å². The molecule has 0 aliphatic heterocycles. The van der Waals surface area contributed by atoms with Crippen molar-refractivity contribution >= 4 is 22.9 Å². The van der Waals surface area contributed by atoms with E-state index in [-0.39, 0.29) is 11.6 Å². The van der Waals surface area contributed by atoms with Crippen LogP contribution in [0.15, 0.2) is 36.7 Å². The van der Waals surface area contributed by atoms with Crippen LogP contribution in [0.1, 0.15) is 10.5 Å². The highest BCUT2D eigenvalue weighted by molar-refractivity contribution is 6.02. The maximum absolute atomic E-state index is 12.4. The predicted octanol–water partition coefficient (Wildman–Crippen LogP) is 1.73. The van der Waals surface area contributed by atoms with Gasteiger partial charge in [0, 0.05) is 19.7 Å². The number of carbonyl (C=O) groups excluding carboxylic acids is 1. The number of fused-ring (bicyclic) bond motifs is 1. The van der Waals surface area contributed by atoms with Gasteiger partial charge in [-0.05, 0) is 12.1 Å². The van der Waals surface area contributed by atoms with Crippen molar-refractivity contribution in [1.29, 1.82) is 0 Å². The van der Waals surface area contributed by atoms with Crippen molar-refractivity contribution in [1.82, 2.24) is 19.5 Å². The third kappa shape index (κ3) is 3.18. The molecule has 3 aromatic rings. The Morgan fingerprint density at radius 1 is 1.25 bits per heavy atom. The molecule has 0 radical (unpaired) electrons. The summed E-state index contributed by atoms with van der Waals surface area (Å²) in [4.78, 5) is 24.8. The molecule has 0 aliphatic carbocycles. The number of imidazole rings is 1. The molecule has 1 aromatic carbocycles. The van der Waals surface area contributed by atoms with Crippen LogP contribution in [0.2, 0.25) is 0 Å². The molecule has 0 saturated heterocycles. The van der Waals surface area contributed by atoms with Crippen molar-refractivity contribution in [2.75, 3.05) is 26.1 Å². The molecule has 24 heavy (non-hydrogen) atoms. The summed E-state index contributed by atoms with van der Waals surface area (Å²) >= 11 is 0. The first-order valence-corrected chi connectivity index (χ1v) is 7.34. The first kappa shape index (κ1) is 15.9. The molecule has 1 amide bonds. The zero-order valence-corrected chi connectivity index (χ0v) is 13.4. The van der Waals surface area contributed by atoms with Crippen LogP contribution in [0.25, 0.3) is 11.0 Å². The summed E-state index contributed by atoms with van der Waals surface area (Å²) in [5, 5.41) is 2.79. The number of aromatic nitrogens is 4. The molecule has 8 nitrogen and oxygen atoms in total. The number of benzene rings is 1. The van der Waals surface area contributed by atoms with Crippen molar-refractivity contribution in [3.63, 3.8) is 0 Å². The summed E-state index contributed by atoms with van der Waals surface area (Å²) in [5.74, 6) is 0.378. The number of carbonyl (C=O) groups is 1. The molecule has 3 rings (SSSR count). The first-order chi connectivity index (χ1) is 11.7. The third-order valence-corrected chi connectivity index (χ3v) is 3.48. The van der Waals surface area contributed by atoms with Crippen LogP contribution in [-0.4, -0.2) is 46.3 Å². The van der Waals surface area contributed by atoms with E-state index in [4.69, 9.17) is 9.47 Å². The fourth-order valence-corrected chi connectivity index (χ4v) is 2.32. The Kier molecular flexibility index (Phi) is 4.66. The summed E-state index contributed by atoms with van der Waals surface area (Å²) in [6.45, 7) is 1.07. The summed E-state index contributed by atoms with van der Waals surface area (Å²) in [6, 6.07) is 9.13. The Hall–Kier alpha value is -3.00. The largest absolute Gasteiger partial charge is 0.481 e. The highest BCUT2D eigenvalue weighted by Crippen LogP contribution is 2.20. The molecule has 0 unspecified atom stereocenters. The SMILES string of the molecule is COCCn1c(NC(=O)c2cc(OC)ncn2)nc2ccccc21. The number of hydrogen-bond acceptors (Lipinski definition) is 6. The lowest BCUT2D eigenvalue weighted by Crippen LogP contribution is -2.18. The maximum Gasteiger partial charge on any atom is 0.276 e. The molecular weight excluding hydrogens is 310 g/mol. The van der Waals surface area contributed by atoms with E-state index in [1.165, 1.54) is 19.5 Å². The minimum absolute atomic E-state index is 0.201. The van der Waals surface area contributed by atoms with Crippen molar-refractivity contribution in [3.8, 4) is 5.88 Å². The molecule has 124 valence electrons. The average Bonchev–Trinajstić information content (AvgIpc) is 2.97. The molecule has 8 heteroatoms. The number of ether oxygens (including phenoxy) is 2. The van der Waals surface area contributed by atoms with E-state index < -0.39 is 0 Å². The second-order valence-corrected chi connectivity index (χ2v) is 4.97. The van der Waals surface area contributed by atoms with Crippen LogP contribution in [0.5, 0.6) is 5.88 Å². The van der Waals surface area contributed by atoms with Crippen LogP contribution >= 0.6 is 0 Å². The topological polar surface area (TPSA) is 91.2 Å². The van der Waals surface area contributed by atoms with Crippen molar-refractivity contribution < 1.29 is 14.3 Å². The minimum atomic E-state index is -0.385. The second kappa shape index (κ2) is 7.05. The summed E-state index contributed by atoms with van der Waals surface area (Å²) in [6.07, 6.45) is 1.28. The smallest absolute Gasteiger partial charge is 0.276 e. The van der Waals surface area contributed by atoms with Gasteiger partial charge in [0.1, 0.15) is 12.0 Å². The van der Waals surface area contributed by atoms with Gasteiger partial charge in [0.2, 0.25) is 11.8 Å². The van der Waals surface area contributed by atoms with Crippen molar-refractivity contribution in [2.24, 2.45) is 0 Å². The lowest BCUT2D eigenvalue weighted by molar-refractivity contribution is 0.102. The Morgan fingerprint density at radius 2 is 2.08 bits per heavy atom. The van der Waals surface area contributed by atoms with E-state index in [0.717, 1.165) is 11.0 Å². The van der Waals surface area contributed by atoms with Gasteiger partial charge in [-0.1, -0.05) is 12.1 Å². The van der Waals surface area contributed by atoms with Gasteiger partial charge in [0.05, 0.1) is 24.8 Å². The average molecular weight is 327 g/mol. The summed E-state index contributed by atoms with van der Waals surface area (Å²) in [5.41, 5.74) is 1.92. The zero-order chi connectivity index (χ0) is 16.9. The highest BCUT2D eigenvalue weighted by Gasteiger charge is 2.15. The maximum atomic E-state index is 12.4. The van der Waals surface area contributed by atoms with Crippen LogP contribution in [0.4, 0.5) is 5.95 Å². The molecule has 0 fully saturated rings. The molecule has 0 spiro atoms. The molecule has 0 saturated carbocycles. The number of nitrogens with zero attached hydrogens (tertiary/aromatic N) is 4. The van der Waals surface area contributed by atoms with Crippen molar-refractivity contribution in [2.45, 2.75) is 6.54 Å². The summed E-state index contributed by atoms with van der Waals surface area (Å²) in [7, 11) is 3.11. The Labute approximate surface area is 138 Å². The minimum Gasteiger partial charge on any atom is -0.481 e. The molecule has 1 N–H and O–H groups in total. The molecule has 2 heterocycles. The molecule has 2 aromatic heterocycles. The molecule has 0 bridgehead atoms. The lowest BCUT2D eigenvalue weighted by atomic mass is 10.3. The van der Waals surface area contributed by atoms with Gasteiger partial charge in [-0.3, -0.25) is 10.1 Å². The normalized spacial score (nSPS) is 10.8. The van der Waals surface area contributed by atoms with Crippen LogP contribution in [0.3, 0.4) is 0 Å². The molecule has 0 aliphatic rings. The lowest BCUT2D eigenvalue weighted by Gasteiger charge is -2.09. The molecular formula is C16H17N5O3. The first-order valence-electron chi connectivity index (χ1n) is 7.34. The quantitative estimate of drug-likeness (QED) is 0.741. The second-order valence-electron chi connectivity index (χ2n) is 4.97. The van der Waals surface area contributed by atoms with Crippen LogP contribution in [0, 0.1) is 0 Å². The van der Waals surface area contributed by atoms with E-state index >= 15 is 0 Å². The number of hydrogen-bond donors (Lipinski definition) is 1. The van der Waals surface area contributed by atoms with E-state index in [2.05, 4.69) is 20.3 Å². The van der Waals surface area contributed by atoms with Gasteiger partial charge in [-0.2, -0.15) is 0 Å². The van der Waals surface area contributed by atoms with E-state index in [1.807, 2.05) is 28.8 Å². The number of para-hydroxylation sites is 2. The summed E-state index contributed by atoms with van der Waals surface area (Å²) < 4.78 is 12.1. The van der Waals surface area contributed by atoms with Gasteiger partial charge < -0.3 is 14.0 Å². The van der Waals surface area contributed by atoms with Gasteiger partial charge in [-0.15, -0.1) is 0 Å². The van der Waals surface area contributed by atoms with Gasteiger partial charge >= 0.3 is 0 Å². The van der Waals surface area contributed by atoms with Crippen molar-refractivity contribution in [3.05, 3.63) is 42.4 Å². The zero-order valence-electron chi connectivity index (χ0n) is 13.4. The fourth-order valence-electron chi connectivity index (χ4n) is 2.32. The van der Waals surface area contributed by atoms with E-state index in [1.54, 1.807) is 7.11 Å². The Morgan fingerprint density at radius 3 is 2.88 bits per heavy atom. The Bertz CT molecular complexity index is 862. The number of methoxy groups -OCH3 is 2. The monoisotopic (exact) mass is 327 g/mol. The van der Waals surface area contributed by atoms with E-state index in [0.29, 0.717) is 25.0 Å². The number of rotatable bonds is 6. The predicted molar refractivity (Wildman–Crippen MR) is 88.1 cm³/mol. The van der Waals surface area contributed by atoms with Crippen LogP contribution in [-0.2, 0) is 11.3 Å². The third-order valence-electron chi connectivity index (χ3n) is 3.48. The standard InChI is InChI=1S/C16H17N5O3/c1-23-8-7-21-13-6-4-3-5-11(13)19-16(21)20-15(22)12-9-14(24-2)18-10-17-12/h3-6,9-10H,7-8H2,1-2H3,(H,19,20,22). The van der Waals surface area contributed by atoms with Gasteiger partial charge in [-0.25, -0.2) is 15.0 Å². The number of anilines is 1. The number of amides is 1. The Balaban J connectivity index is 1.92. The van der Waals surface area contributed by atoms with E-state index in [9.17, 15) is 4.79 Å². The fraction of sp³-hybridized carbons (Fsp3) is 0.250. The molecule has 0 atom stereocenters. The van der Waals surface area contributed by atoms with Crippen LogP contribution < -0.4 is 10.1 Å². The van der Waals surface area contributed by atoms with Gasteiger partial charge in [0.15, 0.2) is 0 Å². The highest BCUT2D eigenvalue weighted by atomic mass is 16.5. The number of nitrogens with one attached hydrogen (secondary N) is 1.